The Balaban J connectivity index is 2.15. The minimum absolute atomic E-state index is 0.0896. The van der Waals surface area contributed by atoms with Gasteiger partial charge in [0.25, 0.3) is 0 Å². The Bertz CT molecular complexity index is 497. The monoisotopic (exact) mass is 214 g/mol. The summed E-state index contributed by atoms with van der Waals surface area (Å²) in [5, 5.41) is 4.09. The molecule has 3 heteroatoms. The summed E-state index contributed by atoms with van der Waals surface area (Å²) in [6.07, 6.45) is 1.71. The number of hydrogen-bond donors (Lipinski definition) is 0. The van der Waals surface area contributed by atoms with E-state index in [0.717, 1.165) is 16.8 Å². The second-order valence-corrected chi connectivity index (χ2v) is 3.92. The highest BCUT2D eigenvalue weighted by Crippen LogP contribution is 2.06. The van der Waals surface area contributed by atoms with Crippen molar-refractivity contribution in [3.8, 4) is 0 Å². The Morgan fingerprint density at radius 3 is 2.44 bits per heavy atom. The molecule has 2 rings (SSSR count). The highest BCUT2D eigenvalue weighted by Gasteiger charge is 2.07. The fourth-order valence-electron chi connectivity index (χ4n) is 1.53. The molecule has 2 aromatic rings. The number of aryl methyl sites for hydroxylation is 2. The van der Waals surface area contributed by atoms with Crippen molar-refractivity contribution in [2.45, 2.75) is 20.4 Å². The molecule has 0 atom stereocenters. The van der Waals surface area contributed by atoms with Crippen molar-refractivity contribution in [2.75, 3.05) is 0 Å². The van der Waals surface area contributed by atoms with Gasteiger partial charge in [-0.05, 0) is 19.9 Å². The molecule has 0 aliphatic carbocycles. The van der Waals surface area contributed by atoms with E-state index in [9.17, 15) is 4.79 Å². The minimum atomic E-state index is 0.0896. The second kappa shape index (κ2) is 4.31. The Labute approximate surface area is 94.7 Å². The average Bonchev–Trinajstić information content (AvgIpc) is 2.65. The summed E-state index contributed by atoms with van der Waals surface area (Å²) in [4.78, 5) is 11.9. The quantitative estimate of drug-likeness (QED) is 0.735. The van der Waals surface area contributed by atoms with E-state index in [4.69, 9.17) is 0 Å². The van der Waals surface area contributed by atoms with Gasteiger partial charge in [-0.15, -0.1) is 0 Å². The molecule has 0 radical (unpaired) electrons. The third-order valence-electron chi connectivity index (χ3n) is 2.60. The molecule has 0 saturated carbocycles. The fraction of sp³-hybridized carbons (Fsp3) is 0.231. The van der Waals surface area contributed by atoms with Gasteiger partial charge in [0.2, 0.25) is 0 Å². The molecule has 82 valence electrons. The number of carbonyl (C=O) groups excluding carboxylic acids is 1. The van der Waals surface area contributed by atoms with Gasteiger partial charge in [-0.1, -0.05) is 29.8 Å². The maximum Gasteiger partial charge on any atom is 0.184 e. The van der Waals surface area contributed by atoms with Gasteiger partial charge in [-0.3, -0.25) is 9.48 Å². The van der Waals surface area contributed by atoms with Crippen LogP contribution in [0.15, 0.2) is 36.5 Å². The van der Waals surface area contributed by atoms with Gasteiger partial charge in [0.15, 0.2) is 5.78 Å². The van der Waals surface area contributed by atoms with Gasteiger partial charge >= 0.3 is 0 Å². The molecule has 0 unspecified atom stereocenters. The highest BCUT2D eigenvalue weighted by atomic mass is 16.1. The predicted molar refractivity (Wildman–Crippen MR) is 62.5 cm³/mol. The van der Waals surface area contributed by atoms with Crippen LogP contribution in [0.3, 0.4) is 0 Å². The molecule has 3 nitrogen and oxygen atoms in total. The van der Waals surface area contributed by atoms with Crippen LogP contribution in [0.5, 0.6) is 0 Å². The van der Waals surface area contributed by atoms with Crippen molar-refractivity contribution in [1.82, 2.24) is 9.78 Å². The van der Waals surface area contributed by atoms with Crippen molar-refractivity contribution in [3.05, 3.63) is 53.3 Å². The van der Waals surface area contributed by atoms with Crippen LogP contribution in [0.2, 0.25) is 0 Å². The average molecular weight is 214 g/mol. The first-order valence-corrected chi connectivity index (χ1v) is 5.25. The van der Waals surface area contributed by atoms with E-state index in [1.807, 2.05) is 44.2 Å². The molecule has 0 N–H and O–H groups in total. The van der Waals surface area contributed by atoms with Crippen LogP contribution in [-0.4, -0.2) is 15.6 Å². The minimum Gasteiger partial charge on any atom is -0.292 e. The van der Waals surface area contributed by atoms with E-state index in [0.29, 0.717) is 6.54 Å². The number of aromatic nitrogens is 2. The molecule has 0 bridgehead atoms. The molecule has 0 fully saturated rings. The van der Waals surface area contributed by atoms with Crippen LogP contribution in [0.4, 0.5) is 0 Å². The lowest BCUT2D eigenvalue weighted by atomic mass is 10.1. The van der Waals surface area contributed by atoms with Crippen LogP contribution in [-0.2, 0) is 6.54 Å². The van der Waals surface area contributed by atoms with Crippen LogP contribution >= 0.6 is 0 Å². The first-order valence-electron chi connectivity index (χ1n) is 5.25. The molecule has 0 aliphatic heterocycles. The number of rotatable bonds is 3. The first kappa shape index (κ1) is 10.6. The van der Waals surface area contributed by atoms with E-state index in [2.05, 4.69) is 5.10 Å². The van der Waals surface area contributed by atoms with Gasteiger partial charge in [0.05, 0.1) is 0 Å². The van der Waals surface area contributed by atoms with Crippen molar-refractivity contribution < 1.29 is 4.79 Å². The molecule has 16 heavy (non-hydrogen) atoms. The number of Topliss-reactive ketones (excluding diaryl/α,β-unsaturated/α-hetero) is 1. The summed E-state index contributed by atoms with van der Waals surface area (Å²) < 4.78 is 1.71. The molecule has 0 saturated heterocycles. The largest absolute Gasteiger partial charge is 0.292 e. The van der Waals surface area contributed by atoms with Gasteiger partial charge in [0.1, 0.15) is 6.54 Å². The van der Waals surface area contributed by atoms with Gasteiger partial charge in [-0.25, -0.2) is 0 Å². The summed E-state index contributed by atoms with van der Waals surface area (Å²) in [7, 11) is 0. The van der Waals surface area contributed by atoms with Crippen molar-refractivity contribution in [2.24, 2.45) is 0 Å². The summed E-state index contributed by atoms with van der Waals surface area (Å²) in [5.74, 6) is 0.0896. The van der Waals surface area contributed by atoms with Crippen molar-refractivity contribution >= 4 is 5.78 Å². The number of carbonyl (C=O) groups is 1. The standard InChI is InChI=1S/C13H14N2O/c1-10-3-5-12(6-4-10)13(16)9-15-11(2)7-8-14-15/h3-8H,9H2,1-2H3. The maximum absolute atomic E-state index is 11.9. The van der Waals surface area contributed by atoms with Crippen molar-refractivity contribution in [3.63, 3.8) is 0 Å². The van der Waals surface area contributed by atoms with E-state index in [1.165, 1.54) is 0 Å². The predicted octanol–water partition coefficient (Wildman–Crippen LogP) is 2.38. The molecule has 0 amide bonds. The normalized spacial score (nSPS) is 10.4. The van der Waals surface area contributed by atoms with Crippen LogP contribution < -0.4 is 0 Å². The zero-order valence-corrected chi connectivity index (χ0v) is 9.47. The first-order chi connectivity index (χ1) is 7.66. The lowest BCUT2D eigenvalue weighted by molar-refractivity contribution is 0.0967. The molecular formula is C13H14N2O. The zero-order valence-electron chi connectivity index (χ0n) is 9.47. The Morgan fingerprint density at radius 1 is 1.19 bits per heavy atom. The summed E-state index contributed by atoms with van der Waals surface area (Å²) >= 11 is 0. The van der Waals surface area contributed by atoms with E-state index < -0.39 is 0 Å². The van der Waals surface area contributed by atoms with E-state index in [-0.39, 0.29) is 5.78 Å². The maximum atomic E-state index is 11.9. The van der Waals surface area contributed by atoms with E-state index >= 15 is 0 Å². The smallest absolute Gasteiger partial charge is 0.184 e. The third kappa shape index (κ3) is 2.19. The summed E-state index contributed by atoms with van der Waals surface area (Å²) in [6.45, 7) is 4.25. The van der Waals surface area contributed by atoms with Crippen LogP contribution in [0.25, 0.3) is 0 Å². The third-order valence-corrected chi connectivity index (χ3v) is 2.60. The molecule has 1 heterocycles. The number of ketones is 1. The highest BCUT2D eigenvalue weighted by molar-refractivity contribution is 5.95. The summed E-state index contributed by atoms with van der Waals surface area (Å²) in [6, 6.07) is 9.50. The van der Waals surface area contributed by atoms with E-state index in [1.54, 1.807) is 10.9 Å². The number of benzene rings is 1. The number of hydrogen-bond acceptors (Lipinski definition) is 2. The molecular weight excluding hydrogens is 200 g/mol. The topological polar surface area (TPSA) is 34.9 Å². The SMILES string of the molecule is Cc1ccc(C(=O)Cn2nccc2C)cc1. The summed E-state index contributed by atoms with van der Waals surface area (Å²) in [5.41, 5.74) is 2.90. The lowest BCUT2D eigenvalue weighted by Gasteiger charge is -2.04. The van der Waals surface area contributed by atoms with Gasteiger partial charge in [0, 0.05) is 17.5 Å². The number of nitrogens with zero attached hydrogens (tertiary/aromatic N) is 2. The molecule has 0 aliphatic rings. The Kier molecular flexibility index (Phi) is 2.86. The van der Waals surface area contributed by atoms with Gasteiger partial charge < -0.3 is 0 Å². The van der Waals surface area contributed by atoms with Crippen LogP contribution in [0.1, 0.15) is 21.6 Å². The fourth-order valence-corrected chi connectivity index (χ4v) is 1.53. The van der Waals surface area contributed by atoms with Gasteiger partial charge in [-0.2, -0.15) is 5.10 Å². The Morgan fingerprint density at radius 2 is 1.88 bits per heavy atom. The lowest BCUT2D eigenvalue weighted by Crippen LogP contribution is -2.12. The van der Waals surface area contributed by atoms with Crippen LogP contribution in [0, 0.1) is 13.8 Å². The molecule has 0 spiro atoms. The zero-order chi connectivity index (χ0) is 11.5. The Hall–Kier alpha value is -1.90. The molecule has 1 aromatic heterocycles. The van der Waals surface area contributed by atoms with Crippen molar-refractivity contribution in [1.29, 1.82) is 0 Å². The molecule has 1 aromatic carbocycles. The second-order valence-electron chi connectivity index (χ2n) is 3.92.